The van der Waals surface area contributed by atoms with E-state index in [4.69, 9.17) is 16.3 Å². The zero-order valence-electron chi connectivity index (χ0n) is 16.3. The summed E-state index contributed by atoms with van der Waals surface area (Å²) in [5.41, 5.74) is 0.588. The van der Waals surface area contributed by atoms with E-state index < -0.39 is 29.3 Å². The number of ether oxygens (including phenoxy) is 1. The number of carbonyl (C=O) groups is 2. The molecule has 2 heterocycles. The number of benzene rings is 2. The number of rotatable bonds is 5. The lowest BCUT2D eigenvalue weighted by atomic mass is 9.95. The van der Waals surface area contributed by atoms with Crippen LogP contribution in [0, 0.1) is 5.82 Å². The number of halogens is 2. The van der Waals surface area contributed by atoms with Crippen molar-refractivity contribution in [2.75, 3.05) is 7.11 Å². The molecule has 1 unspecified atom stereocenters. The minimum Gasteiger partial charge on any atom is -0.507 e. The number of amides is 1. The maximum absolute atomic E-state index is 13.6. The van der Waals surface area contributed by atoms with Crippen molar-refractivity contribution in [1.82, 2.24) is 4.90 Å². The van der Waals surface area contributed by atoms with Gasteiger partial charge in [0.2, 0.25) is 0 Å². The molecule has 8 heteroatoms. The largest absolute Gasteiger partial charge is 0.507 e. The second-order valence-electron chi connectivity index (χ2n) is 6.90. The normalized spacial score (nSPS) is 17.9. The summed E-state index contributed by atoms with van der Waals surface area (Å²) in [5.74, 6) is -2.13. The highest BCUT2D eigenvalue weighted by atomic mass is 35.5. The van der Waals surface area contributed by atoms with Gasteiger partial charge in [-0.05, 0) is 47.3 Å². The standard InChI is InChI=1S/C23H17ClFNO4S/c1-30-18-9-6-14(24)11-17(18)21(27)19-20(13-4-7-15(25)8-5-13)26(23(29)22(19)28)12-16-3-2-10-31-16/h2-11,20,27H,12H2,1H3/b21-19+. The lowest BCUT2D eigenvalue weighted by Gasteiger charge is -2.25. The predicted octanol–water partition coefficient (Wildman–Crippen LogP) is 5.17. The van der Waals surface area contributed by atoms with E-state index in [0.29, 0.717) is 16.3 Å². The summed E-state index contributed by atoms with van der Waals surface area (Å²) in [6, 6.07) is 12.9. The van der Waals surface area contributed by atoms with Crippen LogP contribution >= 0.6 is 22.9 Å². The number of ketones is 1. The number of likely N-dealkylation sites (tertiary alicyclic amines) is 1. The number of Topliss-reactive ketones (excluding diaryl/α,β-unsaturated/α-hetero) is 1. The molecule has 158 valence electrons. The first-order valence-corrected chi connectivity index (χ1v) is 10.6. The molecule has 1 amide bonds. The van der Waals surface area contributed by atoms with Crippen molar-refractivity contribution in [3.8, 4) is 5.75 Å². The summed E-state index contributed by atoms with van der Waals surface area (Å²) in [6.07, 6.45) is 0. The topological polar surface area (TPSA) is 66.8 Å². The van der Waals surface area contributed by atoms with Crippen LogP contribution in [0.4, 0.5) is 4.39 Å². The Morgan fingerprint density at radius 1 is 1.19 bits per heavy atom. The van der Waals surface area contributed by atoms with Gasteiger partial charge in [0.1, 0.15) is 17.3 Å². The Balaban J connectivity index is 1.91. The van der Waals surface area contributed by atoms with Crippen LogP contribution in [-0.2, 0) is 16.1 Å². The SMILES string of the molecule is COc1ccc(Cl)cc1/C(O)=C1\C(=O)C(=O)N(Cc2cccs2)C1c1ccc(F)cc1. The summed E-state index contributed by atoms with van der Waals surface area (Å²) >= 11 is 7.54. The van der Waals surface area contributed by atoms with Gasteiger partial charge in [-0.1, -0.05) is 29.8 Å². The first-order chi connectivity index (χ1) is 14.9. The van der Waals surface area contributed by atoms with Gasteiger partial charge in [0.25, 0.3) is 11.7 Å². The molecule has 2 aromatic carbocycles. The van der Waals surface area contributed by atoms with Gasteiger partial charge in [-0.2, -0.15) is 0 Å². The molecular formula is C23H17ClFNO4S. The van der Waals surface area contributed by atoms with Gasteiger partial charge < -0.3 is 14.7 Å². The number of hydrogen-bond acceptors (Lipinski definition) is 5. The fourth-order valence-electron chi connectivity index (χ4n) is 3.62. The quantitative estimate of drug-likeness (QED) is 0.326. The second kappa shape index (κ2) is 8.53. The highest BCUT2D eigenvalue weighted by molar-refractivity contribution is 7.09. The highest BCUT2D eigenvalue weighted by Crippen LogP contribution is 2.42. The lowest BCUT2D eigenvalue weighted by Crippen LogP contribution is -2.28. The fraction of sp³-hybridized carbons (Fsp3) is 0.130. The number of hydrogen-bond donors (Lipinski definition) is 1. The molecule has 0 saturated carbocycles. The molecule has 5 nitrogen and oxygen atoms in total. The van der Waals surface area contributed by atoms with Crippen molar-refractivity contribution < 1.29 is 23.8 Å². The van der Waals surface area contributed by atoms with Crippen LogP contribution < -0.4 is 4.74 Å². The van der Waals surface area contributed by atoms with Gasteiger partial charge in [-0.25, -0.2) is 4.39 Å². The highest BCUT2D eigenvalue weighted by Gasteiger charge is 2.46. The smallest absolute Gasteiger partial charge is 0.295 e. The molecule has 1 aliphatic heterocycles. The van der Waals surface area contributed by atoms with Crippen LogP contribution in [-0.4, -0.2) is 28.8 Å². The molecular weight excluding hydrogens is 441 g/mol. The van der Waals surface area contributed by atoms with Gasteiger partial charge in [0.05, 0.1) is 30.8 Å². The molecule has 31 heavy (non-hydrogen) atoms. The average molecular weight is 458 g/mol. The summed E-state index contributed by atoms with van der Waals surface area (Å²) in [6.45, 7) is 0.174. The molecule has 1 fully saturated rings. The Morgan fingerprint density at radius 2 is 1.94 bits per heavy atom. The number of aliphatic hydroxyl groups is 1. The lowest BCUT2D eigenvalue weighted by molar-refractivity contribution is -0.140. The molecule has 1 aromatic heterocycles. The van der Waals surface area contributed by atoms with Crippen LogP contribution in [0.5, 0.6) is 5.75 Å². The minimum atomic E-state index is -0.897. The summed E-state index contributed by atoms with van der Waals surface area (Å²) in [5, 5.41) is 13.3. The number of thiophene rings is 1. The molecule has 3 aromatic rings. The van der Waals surface area contributed by atoms with Crippen LogP contribution in [0.3, 0.4) is 0 Å². The van der Waals surface area contributed by atoms with Crippen molar-refractivity contribution >= 4 is 40.4 Å². The summed E-state index contributed by atoms with van der Waals surface area (Å²) in [4.78, 5) is 28.2. The van der Waals surface area contributed by atoms with Crippen molar-refractivity contribution in [3.05, 3.63) is 92.4 Å². The molecule has 4 rings (SSSR count). The van der Waals surface area contributed by atoms with Gasteiger partial charge in [0.15, 0.2) is 0 Å². The Kier molecular flexibility index (Phi) is 5.80. The maximum Gasteiger partial charge on any atom is 0.295 e. The van der Waals surface area contributed by atoms with Gasteiger partial charge in [-0.3, -0.25) is 9.59 Å². The van der Waals surface area contributed by atoms with Crippen molar-refractivity contribution in [2.45, 2.75) is 12.6 Å². The molecule has 0 radical (unpaired) electrons. The fourth-order valence-corrected chi connectivity index (χ4v) is 4.49. The third-order valence-electron chi connectivity index (χ3n) is 5.05. The predicted molar refractivity (Wildman–Crippen MR) is 117 cm³/mol. The van der Waals surface area contributed by atoms with Crippen LogP contribution in [0.2, 0.25) is 5.02 Å². The number of methoxy groups -OCH3 is 1. The van der Waals surface area contributed by atoms with Gasteiger partial charge in [0, 0.05) is 9.90 Å². The molecule has 1 atom stereocenters. The van der Waals surface area contributed by atoms with E-state index in [1.54, 1.807) is 12.1 Å². The molecule has 0 bridgehead atoms. The van der Waals surface area contributed by atoms with E-state index in [1.165, 1.54) is 53.7 Å². The molecule has 1 N–H and O–H groups in total. The van der Waals surface area contributed by atoms with E-state index >= 15 is 0 Å². The zero-order chi connectivity index (χ0) is 22.1. The Bertz CT molecular complexity index is 1170. The van der Waals surface area contributed by atoms with Crippen LogP contribution in [0.25, 0.3) is 5.76 Å². The van der Waals surface area contributed by atoms with Crippen LogP contribution in [0.1, 0.15) is 22.0 Å². The molecule has 0 spiro atoms. The van der Waals surface area contributed by atoms with Crippen molar-refractivity contribution in [2.24, 2.45) is 0 Å². The van der Waals surface area contributed by atoms with Crippen molar-refractivity contribution in [3.63, 3.8) is 0 Å². The van der Waals surface area contributed by atoms with E-state index in [-0.39, 0.29) is 17.7 Å². The Morgan fingerprint density at radius 3 is 2.58 bits per heavy atom. The first kappa shape index (κ1) is 21.1. The average Bonchev–Trinajstić information content (AvgIpc) is 3.36. The third kappa shape index (κ3) is 3.94. The monoisotopic (exact) mass is 457 g/mol. The molecule has 1 saturated heterocycles. The van der Waals surface area contributed by atoms with E-state index in [0.717, 1.165) is 4.88 Å². The van der Waals surface area contributed by atoms with E-state index in [9.17, 15) is 19.1 Å². The number of aliphatic hydroxyl groups excluding tert-OH is 1. The summed E-state index contributed by atoms with van der Waals surface area (Å²) in [7, 11) is 1.42. The van der Waals surface area contributed by atoms with Gasteiger partial charge in [-0.15, -0.1) is 11.3 Å². The first-order valence-electron chi connectivity index (χ1n) is 9.31. The minimum absolute atomic E-state index is 0.103. The van der Waals surface area contributed by atoms with Crippen molar-refractivity contribution in [1.29, 1.82) is 0 Å². The summed E-state index contributed by atoms with van der Waals surface area (Å²) < 4.78 is 18.9. The Labute approximate surface area is 187 Å². The van der Waals surface area contributed by atoms with Crippen LogP contribution in [0.15, 0.2) is 65.6 Å². The Hall–Kier alpha value is -3.16. The molecule has 0 aliphatic carbocycles. The van der Waals surface area contributed by atoms with E-state index in [2.05, 4.69) is 0 Å². The number of carbonyl (C=O) groups excluding carboxylic acids is 2. The maximum atomic E-state index is 13.6. The second-order valence-corrected chi connectivity index (χ2v) is 8.37. The third-order valence-corrected chi connectivity index (χ3v) is 6.14. The zero-order valence-corrected chi connectivity index (χ0v) is 17.9. The molecule has 1 aliphatic rings. The van der Waals surface area contributed by atoms with E-state index in [1.807, 2.05) is 17.5 Å². The van der Waals surface area contributed by atoms with Gasteiger partial charge >= 0.3 is 0 Å². The number of nitrogens with zero attached hydrogens (tertiary/aromatic N) is 1.